The Kier molecular flexibility index (Phi) is 11.2. The maximum Gasteiger partial charge on any atom is 0.338 e. The van der Waals surface area contributed by atoms with Crippen molar-refractivity contribution in [3.8, 4) is 5.75 Å². The highest BCUT2D eigenvalue weighted by Crippen LogP contribution is 2.42. The zero-order chi connectivity index (χ0) is 28.7. The van der Waals surface area contributed by atoms with E-state index >= 15 is 0 Å². The van der Waals surface area contributed by atoms with Gasteiger partial charge in [-0.1, -0.05) is 59.7 Å². The van der Waals surface area contributed by atoms with Gasteiger partial charge in [-0.05, 0) is 61.9 Å². The van der Waals surface area contributed by atoms with Crippen LogP contribution >= 0.6 is 58.2 Å². The van der Waals surface area contributed by atoms with Gasteiger partial charge in [0.2, 0.25) is 5.91 Å². The maximum absolute atomic E-state index is 12.9. The number of carbonyl (C=O) groups is 3. The SMILES string of the molecule is CCCCOc1ccc(NC(=O)C(C)Sc2ccc(NC(=O)c3c(Cl)c(Cl)c(Cl)c(Cl)c3C(=O)O)cc2)cc1. The van der Waals surface area contributed by atoms with E-state index in [1.165, 1.54) is 11.8 Å². The lowest BCUT2D eigenvalue weighted by molar-refractivity contribution is -0.115. The van der Waals surface area contributed by atoms with Crippen LogP contribution in [-0.2, 0) is 4.79 Å². The summed E-state index contributed by atoms with van der Waals surface area (Å²) in [6.45, 7) is 4.53. The number of aromatic carboxylic acids is 1. The number of rotatable bonds is 11. The zero-order valence-corrected chi connectivity index (χ0v) is 24.7. The number of halogens is 4. The lowest BCUT2D eigenvalue weighted by Crippen LogP contribution is -2.22. The third-order valence-corrected chi connectivity index (χ3v) is 8.30. The summed E-state index contributed by atoms with van der Waals surface area (Å²) in [6, 6.07) is 13.9. The largest absolute Gasteiger partial charge is 0.494 e. The van der Waals surface area contributed by atoms with Crippen molar-refractivity contribution in [1.82, 2.24) is 0 Å². The van der Waals surface area contributed by atoms with Gasteiger partial charge in [-0.15, -0.1) is 11.8 Å². The first-order valence-electron chi connectivity index (χ1n) is 11.7. The second kappa shape index (κ2) is 14.1. The number of anilines is 2. The Morgan fingerprint density at radius 3 is 1.95 bits per heavy atom. The summed E-state index contributed by atoms with van der Waals surface area (Å²) < 4.78 is 5.64. The summed E-state index contributed by atoms with van der Waals surface area (Å²) in [5, 5.41) is 13.4. The molecule has 1 atom stereocenters. The minimum Gasteiger partial charge on any atom is -0.494 e. The number of unbranched alkanes of at least 4 members (excludes halogenated alkanes) is 1. The van der Waals surface area contributed by atoms with Crippen LogP contribution in [0.3, 0.4) is 0 Å². The third kappa shape index (κ3) is 7.96. The van der Waals surface area contributed by atoms with E-state index in [1.54, 1.807) is 43.3 Å². The molecule has 206 valence electrons. The van der Waals surface area contributed by atoms with Gasteiger partial charge < -0.3 is 20.5 Å². The normalized spacial score (nSPS) is 11.5. The first-order valence-corrected chi connectivity index (χ1v) is 14.1. The van der Waals surface area contributed by atoms with Gasteiger partial charge in [0.25, 0.3) is 5.91 Å². The number of hydrogen-bond donors (Lipinski definition) is 3. The molecule has 0 radical (unpaired) electrons. The van der Waals surface area contributed by atoms with Gasteiger partial charge in [0.15, 0.2) is 0 Å². The highest BCUT2D eigenvalue weighted by molar-refractivity contribution is 8.00. The van der Waals surface area contributed by atoms with Crippen molar-refractivity contribution in [1.29, 1.82) is 0 Å². The van der Waals surface area contributed by atoms with Crippen LogP contribution in [0.2, 0.25) is 20.1 Å². The molecule has 1 unspecified atom stereocenters. The fourth-order valence-corrected chi connectivity index (χ4v) is 5.21. The van der Waals surface area contributed by atoms with Crippen LogP contribution in [0, 0.1) is 0 Å². The Morgan fingerprint density at radius 1 is 0.846 bits per heavy atom. The fourth-order valence-electron chi connectivity index (χ4n) is 3.33. The fraction of sp³-hybridized carbons (Fsp3) is 0.222. The molecule has 0 saturated carbocycles. The summed E-state index contributed by atoms with van der Waals surface area (Å²) >= 11 is 25.5. The van der Waals surface area contributed by atoms with E-state index in [-0.39, 0.29) is 26.0 Å². The number of nitrogens with one attached hydrogen (secondary N) is 2. The maximum atomic E-state index is 12.9. The molecule has 0 fully saturated rings. The Balaban J connectivity index is 1.62. The molecule has 0 bridgehead atoms. The first kappa shape index (κ1) is 30.9. The minimum atomic E-state index is -1.49. The van der Waals surface area contributed by atoms with E-state index in [0.717, 1.165) is 23.5 Å². The summed E-state index contributed by atoms with van der Waals surface area (Å²) in [5.41, 5.74) is 0.0551. The van der Waals surface area contributed by atoms with E-state index in [4.69, 9.17) is 51.1 Å². The summed E-state index contributed by atoms with van der Waals surface area (Å²) in [6.07, 6.45) is 2.03. The van der Waals surface area contributed by atoms with Crippen molar-refractivity contribution in [3.05, 3.63) is 79.7 Å². The molecule has 3 rings (SSSR count). The molecule has 0 aliphatic carbocycles. The second-order valence-corrected chi connectivity index (χ2v) is 11.2. The zero-order valence-electron chi connectivity index (χ0n) is 20.8. The molecule has 3 aromatic carbocycles. The summed E-state index contributed by atoms with van der Waals surface area (Å²) in [7, 11) is 0. The Bertz CT molecular complexity index is 1370. The second-order valence-electron chi connectivity index (χ2n) is 8.27. The number of ether oxygens (including phenoxy) is 1. The quantitative estimate of drug-likeness (QED) is 0.0849. The van der Waals surface area contributed by atoms with Crippen LogP contribution in [-0.4, -0.2) is 34.7 Å². The smallest absolute Gasteiger partial charge is 0.338 e. The number of thioether (sulfide) groups is 1. The van der Waals surface area contributed by atoms with Crippen molar-refractivity contribution < 1.29 is 24.2 Å². The van der Waals surface area contributed by atoms with Gasteiger partial charge in [0.05, 0.1) is 43.1 Å². The van der Waals surface area contributed by atoms with Crippen molar-refractivity contribution >= 4 is 87.3 Å². The number of carboxylic acids is 1. The molecular weight excluding hydrogens is 606 g/mol. The van der Waals surface area contributed by atoms with Gasteiger partial charge >= 0.3 is 5.97 Å². The van der Waals surface area contributed by atoms with Crippen LogP contribution in [0.5, 0.6) is 5.75 Å². The van der Waals surface area contributed by atoms with Crippen molar-refractivity contribution in [2.75, 3.05) is 17.2 Å². The molecule has 39 heavy (non-hydrogen) atoms. The highest BCUT2D eigenvalue weighted by atomic mass is 35.5. The van der Waals surface area contributed by atoms with Crippen LogP contribution < -0.4 is 15.4 Å². The van der Waals surface area contributed by atoms with E-state index in [0.29, 0.717) is 18.0 Å². The van der Waals surface area contributed by atoms with Crippen LogP contribution in [0.15, 0.2) is 53.4 Å². The number of carbonyl (C=O) groups excluding carboxylic acids is 2. The van der Waals surface area contributed by atoms with Crippen molar-refractivity contribution in [2.45, 2.75) is 36.8 Å². The first-order chi connectivity index (χ1) is 18.5. The van der Waals surface area contributed by atoms with Gasteiger partial charge in [0, 0.05) is 16.3 Å². The molecule has 0 spiro atoms. The average Bonchev–Trinajstić information content (AvgIpc) is 2.91. The Hall–Kier alpha value is -2.62. The van der Waals surface area contributed by atoms with Crippen LogP contribution in [0.25, 0.3) is 0 Å². The molecule has 2 amide bonds. The predicted molar refractivity (Wildman–Crippen MR) is 159 cm³/mol. The van der Waals surface area contributed by atoms with Crippen LogP contribution in [0.4, 0.5) is 11.4 Å². The minimum absolute atomic E-state index is 0.177. The third-order valence-electron chi connectivity index (χ3n) is 5.39. The molecule has 0 aliphatic rings. The van der Waals surface area contributed by atoms with Crippen LogP contribution in [0.1, 0.15) is 47.4 Å². The highest BCUT2D eigenvalue weighted by Gasteiger charge is 2.29. The molecule has 0 aliphatic heterocycles. The molecule has 12 heteroatoms. The molecule has 0 aromatic heterocycles. The van der Waals surface area contributed by atoms with Gasteiger partial charge in [-0.3, -0.25) is 9.59 Å². The van der Waals surface area contributed by atoms with E-state index in [9.17, 15) is 19.5 Å². The summed E-state index contributed by atoms with van der Waals surface area (Å²) in [5.74, 6) is -1.74. The number of carboxylic acid groups (broad SMARTS) is 1. The molecule has 7 nitrogen and oxygen atoms in total. The number of benzene rings is 3. The number of amides is 2. The Morgan fingerprint density at radius 2 is 1.38 bits per heavy atom. The van der Waals surface area contributed by atoms with E-state index < -0.39 is 28.3 Å². The Labute approximate surface area is 250 Å². The molecular formula is C27H24Cl4N2O5S. The van der Waals surface area contributed by atoms with E-state index in [1.807, 2.05) is 12.1 Å². The standard InChI is InChI=1S/C27H24Cl4N2O5S/c1-3-4-13-38-17-9-5-15(6-10-17)32-25(34)14(2)39-18-11-7-16(8-12-18)33-26(35)19-20(27(36)37)22(29)24(31)23(30)21(19)28/h5-12,14H,3-4,13H2,1-2H3,(H,32,34)(H,33,35)(H,36,37). The molecule has 0 heterocycles. The lowest BCUT2D eigenvalue weighted by Gasteiger charge is -2.15. The van der Waals surface area contributed by atoms with Gasteiger partial charge in [-0.2, -0.15) is 0 Å². The monoisotopic (exact) mass is 628 g/mol. The average molecular weight is 630 g/mol. The van der Waals surface area contributed by atoms with Crippen molar-refractivity contribution in [2.24, 2.45) is 0 Å². The lowest BCUT2D eigenvalue weighted by atomic mass is 10.1. The molecule has 3 N–H and O–H groups in total. The molecule has 0 saturated heterocycles. The number of hydrogen-bond acceptors (Lipinski definition) is 5. The molecule has 3 aromatic rings. The van der Waals surface area contributed by atoms with E-state index in [2.05, 4.69) is 17.6 Å². The summed E-state index contributed by atoms with van der Waals surface area (Å²) in [4.78, 5) is 38.1. The predicted octanol–water partition coefficient (Wildman–Crippen LogP) is 8.55. The topological polar surface area (TPSA) is 105 Å². The van der Waals surface area contributed by atoms with Crippen molar-refractivity contribution in [3.63, 3.8) is 0 Å². The van der Waals surface area contributed by atoms with Gasteiger partial charge in [-0.25, -0.2) is 4.79 Å². The van der Waals surface area contributed by atoms with Gasteiger partial charge in [0.1, 0.15) is 5.75 Å².